The largest absolute Gasteiger partial charge is 0.294 e. The third kappa shape index (κ3) is 1.70. The highest BCUT2D eigenvalue weighted by molar-refractivity contribution is 7.80. The maximum absolute atomic E-state index is 4.52. The van der Waals surface area contributed by atoms with Crippen LogP contribution in [0.3, 0.4) is 0 Å². The number of thiol groups is 1. The van der Waals surface area contributed by atoms with Crippen LogP contribution in [0, 0.1) is 6.92 Å². The fraction of sp³-hybridized carbons (Fsp3) is 0.0769. The van der Waals surface area contributed by atoms with E-state index in [1.807, 2.05) is 42.0 Å². The van der Waals surface area contributed by atoms with Gasteiger partial charge in [-0.3, -0.25) is 9.55 Å². The summed E-state index contributed by atoms with van der Waals surface area (Å²) >= 11 is 4.34. The van der Waals surface area contributed by atoms with Crippen molar-refractivity contribution in [2.24, 2.45) is 0 Å². The smallest absolute Gasteiger partial charge is 0.169 e. The Kier molecular flexibility index (Phi) is 2.37. The Hall–Kier alpha value is -1.81. The summed E-state index contributed by atoms with van der Waals surface area (Å²) in [5.41, 5.74) is 3.06. The van der Waals surface area contributed by atoms with Gasteiger partial charge in [-0.15, -0.1) is 12.6 Å². The van der Waals surface area contributed by atoms with Crippen LogP contribution in [0.25, 0.3) is 16.6 Å². The van der Waals surface area contributed by atoms with Crippen LogP contribution in [0.4, 0.5) is 0 Å². The van der Waals surface area contributed by atoms with Gasteiger partial charge in [-0.05, 0) is 31.2 Å². The van der Waals surface area contributed by atoms with Crippen molar-refractivity contribution >= 4 is 23.5 Å². The molecule has 0 aliphatic carbocycles. The van der Waals surface area contributed by atoms with Crippen LogP contribution in [0.5, 0.6) is 0 Å². The van der Waals surface area contributed by atoms with Crippen molar-refractivity contribution < 1.29 is 0 Å². The van der Waals surface area contributed by atoms with E-state index < -0.39 is 0 Å². The van der Waals surface area contributed by atoms with Crippen molar-refractivity contribution in [1.82, 2.24) is 14.5 Å². The molecule has 0 saturated carbocycles. The van der Waals surface area contributed by atoms with Gasteiger partial charge < -0.3 is 0 Å². The molecule has 0 N–H and O–H groups in total. The summed E-state index contributed by atoms with van der Waals surface area (Å²) in [7, 11) is 0. The van der Waals surface area contributed by atoms with Gasteiger partial charge in [0.15, 0.2) is 5.16 Å². The second-order valence-electron chi connectivity index (χ2n) is 3.89. The van der Waals surface area contributed by atoms with Crippen molar-refractivity contribution in [2.75, 3.05) is 0 Å². The molecule has 4 heteroatoms. The molecule has 0 aliphatic heterocycles. The molecule has 0 atom stereocenters. The maximum atomic E-state index is 4.52. The molecule has 3 aromatic rings. The van der Waals surface area contributed by atoms with Crippen molar-refractivity contribution in [3.8, 4) is 5.69 Å². The number of rotatable bonds is 1. The number of nitrogens with zero attached hydrogens (tertiary/aromatic N) is 3. The minimum Gasteiger partial charge on any atom is -0.294 e. The quantitative estimate of drug-likeness (QED) is 0.664. The number of pyridine rings is 1. The summed E-state index contributed by atoms with van der Waals surface area (Å²) in [6.07, 6.45) is 3.64. The minimum atomic E-state index is 0.679. The monoisotopic (exact) mass is 241 g/mol. The van der Waals surface area contributed by atoms with Gasteiger partial charge in [0.05, 0.1) is 11.2 Å². The van der Waals surface area contributed by atoms with Gasteiger partial charge in [-0.2, -0.15) is 0 Å². The van der Waals surface area contributed by atoms with Gasteiger partial charge in [0, 0.05) is 23.5 Å². The number of hydrogen-bond acceptors (Lipinski definition) is 3. The summed E-state index contributed by atoms with van der Waals surface area (Å²) in [6, 6.07) is 10.2. The first-order chi connectivity index (χ1) is 8.25. The number of hydrogen-bond donors (Lipinski definition) is 1. The van der Waals surface area contributed by atoms with Crippen molar-refractivity contribution in [3.05, 3.63) is 48.4 Å². The molecule has 0 saturated heterocycles. The molecule has 3 rings (SSSR count). The van der Waals surface area contributed by atoms with Crippen molar-refractivity contribution in [2.45, 2.75) is 12.1 Å². The van der Waals surface area contributed by atoms with Crippen LogP contribution in [0.15, 0.2) is 47.9 Å². The Bertz CT molecular complexity index is 688. The zero-order valence-corrected chi connectivity index (χ0v) is 10.2. The molecule has 1 aromatic carbocycles. The lowest BCUT2D eigenvalue weighted by Crippen LogP contribution is -1.95. The predicted molar refractivity (Wildman–Crippen MR) is 70.9 cm³/mol. The summed E-state index contributed by atoms with van der Waals surface area (Å²) in [4.78, 5) is 8.64. The Morgan fingerprint density at radius 2 is 2.06 bits per heavy atom. The predicted octanol–water partition coefficient (Wildman–Crippen LogP) is 3.02. The Morgan fingerprint density at radius 1 is 1.18 bits per heavy atom. The second-order valence-corrected chi connectivity index (χ2v) is 4.29. The van der Waals surface area contributed by atoms with E-state index >= 15 is 0 Å². The zero-order valence-electron chi connectivity index (χ0n) is 9.33. The van der Waals surface area contributed by atoms with Gasteiger partial charge in [-0.1, -0.05) is 6.07 Å². The third-order valence-electron chi connectivity index (χ3n) is 2.73. The van der Waals surface area contributed by atoms with Crippen LogP contribution < -0.4 is 0 Å². The first-order valence-electron chi connectivity index (χ1n) is 5.35. The van der Waals surface area contributed by atoms with Crippen LogP contribution in [0.2, 0.25) is 0 Å². The number of fused-ring (bicyclic) bond motifs is 1. The van der Waals surface area contributed by atoms with Crippen LogP contribution >= 0.6 is 12.6 Å². The van der Waals surface area contributed by atoms with Gasteiger partial charge >= 0.3 is 0 Å². The fourth-order valence-corrected chi connectivity index (χ4v) is 2.18. The SMILES string of the molecule is Cc1ccc2c(-n3ccnc3S)cccc2n1. The molecule has 17 heavy (non-hydrogen) atoms. The maximum Gasteiger partial charge on any atom is 0.169 e. The molecule has 84 valence electrons. The average molecular weight is 241 g/mol. The molecule has 0 aliphatic rings. The van der Waals surface area contributed by atoms with E-state index in [1.165, 1.54) is 0 Å². The molecule has 0 spiro atoms. The highest BCUT2D eigenvalue weighted by Gasteiger charge is 2.06. The summed E-state index contributed by atoms with van der Waals surface area (Å²) in [5, 5.41) is 1.78. The minimum absolute atomic E-state index is 0.679. The molecule has 0 unspecified atom stereocenters. The topological polar surface area (TPSA) is 30.7 Å². The Balaban J connectivity index is 2.34. The Labute approximate surface area is 105 Å². The number of imidazole rings is 1. The van der Waals surface area contributed by atoms with Crippen molar-refractivity contribution in [1.29, 1.82) is 0 Å². The van der Waals surface area contributed by atoms with E-state index in [9.17, 15) is 0 Å². The second kappa shape index (κ2) is 3.89. The molecule has 0 bridgehead atoms. The highest BCUT2D eigenvalue weighted by Crippen LogP contribution is 2.23. The van der Waals surface area contributed by atoms with Gasteiger partial charge in [0.1, 0.15) is 0 Å². The van der Waals surface area contributed by atoms with E-state index in [-0.39, 0.29) is 0 Å². The first kappa shape index (κ1) is 10.4. The summed E-state index contributed by atoms with van der Waals surface area (Å²) in [6.45, 7) is 1.99. The normalized spacial score (nSPS) is 10.9. The molecular formula is C13H11N3S. The van der Waals surface area contributed by atoms with Gasteiger partial charge in [-0.25, -0.2) is 4.98 Å². The van der Waals surface area contributed by atoms with E-state index in [2.05, 4.69) is 28.7 Å². The number of benzene rings is 1. The lowest BCUT2D eigenvalue weighted by molar-refractivity contribution is 0.907. The van der Waals surface area contributed by atoms with Gasteiger partial charge in [0.25, 0.3) is 0 Å². The average Bonchev–Trinajstić information content (AvgIpc) is 2.74. The number of aryl methyl sites for hydroxylation is 1. The standard InChI is InChI=1S/C13H11N3S/c1-9-5-6-10-11(15-9)3-2-4-12(10)16-8-7-14-13(16)17/h2-8H,1H3,(H,14,17). The molecule has 2 heterocycles. The van der Waals surface area contributed by atoms with Crippen molar-refractivity contribution in [3.63, 3.8) is 0 Å². The summed E-state index contributed by atoms with van der Waals surface area (Å²) in [5.74, 6) is 0. The fourth-order valence-electron chi connectivity index (χ4n) is 1.93. The lowest BCUT2D eigenvalue weighted by atomic mass is 10.1. The van der Waals surface area contributed by atoms with E-state index in [4.69, 9.17) is 0 Å². The molecule has 3 nitrogen and oxygen atoms in total. The zero-order chi connectivity index (χ0) is 11.8. The number of aromatic nitrogens is 3. The molecule has 0 radical (unpaired) electrons. The highest BCUT2D eigenvalue weighted by atomic mass is 32.1. The third-order valence-corrected chi connectivity index (χ3v) is 3.06. The van der Waals surface area contributed by atoms with Gasteiger partial charge in [0.2, 0.25) is 0 Å². The van der Waals surface area contributed by atoms with E-state index in [0.717, 1.165) is 22.3 Å². The van der Waals surface area contributed by atoms with Crippen LogP contribution in [0.1, 0.15) is 5.69 Å². The Morgan fingerprint density at radius 3 is 2.82 bits per heavy atom. The molecule has 0 amide bonds. The molecular weight excluding hydrogens is 230 g/mol. The van der Waals surface area contributed by atoms with E-state index in [0.29, 0.717) is 5.16 Å². The lowest BCUT2D eigenvalue weighted by Gasteiger charge is -2.08. The van der Waals surface area contributed by atoms with Crippen LogP contribution in [-0.2, 0) is 0 Å². The van der Waals surface area contributed by atoms with E-state index in [1.54, 1.807) is 6.20 Å². The first-order valence-corrected chi connectivity index (χ1v) is 5.79. The molecule has 0 fully saturated rings. The molecule has 2 aromatic heterocycles. The van der Waals surface area contributed by atoms with Crippen LogP contribution in [-0.4, -0.2) is 14.5 Å². The summed E-state index contributed by atoms with van der Waals surface area (Å²) < 4.78 is 1.95.